The molecule has 0 aromatic heterocycles. The van der Waals surface area contributed by atoms with Gasteiger partial charge in [-0.15, -0.1) is 0 Å². The van der Waals surface area contributed by atoms with Crippen molar-refractivity contribution in [2.24, 2.45) is 11.1 Å². The molecule has 0 N–H and O–H groups in total. The van der Waals surface area contributed by atoms with Gasteiger partial charge in [-0.3, -0.25) is 9.59 Å². The third-order valence-corrected chi connectivity index (χ3v) is 5.02. The van der Waals surface area contributed by atoms with Crippen molar-refractivity contribution in [3.8, 4) is 0 Å². The van der Waals surface area contributed by atoms with Crippen molar-refractivity contribution in [2.45, 2.75) is 32.3 Å². The molecule has 2 aliphatic heterocycles. The standard InChI is InChI=1S/C18H21BrN2O4/c1-2-24-18(23)12-6-8-21(9-7-12)17(22)16-11-15(20-25-16)13-4-3-5-14(19)10-13/h3-5,10,12,16H,2,6-9,11H2,1H3/t16-/m0/s1. The number of halogens is 1. The van der Waals surface area contributed by atoms with E-state index >= 15 is 0 Å². The minimum absolute atomic E-state index is 0.0592. The summed E-state index contributed by atoms with van der Waals surface area (Å²) in [6, 6.07) is 7.78. The average Bonchev–Trinajstić information content (AvgIpc) is 3.11. The second-order valence-corrected chi connectivity index (χ2v) is 7.11. The Bertz CT molecular complexity index is 683. The molecule has 0 saturated carbocycles. The van der Waals surface area contributed by atoms with E-state index in [-0.39, 0.29) is 17.8 Å². The quantitative estimate of drug-likeness (QED) is 0.718. The molecule has 1 aromatic carbocycles. The molecule has 0 unspecified atom stereocenters. The Labute approximate surface area is 155 Å². The molecule has 1 saturated heterocycles. The molecule has 3 rings (SSSR count). The van der Waals surface area contributed by atoms with E-state index in [2.05, 4.69) is 21.1 Å². The molecule has 7 heteroatoms. The molecule has 25 heavy (non-hydrogen) atoms. The van der Waals surface area contributed by atoms with Gasteiger partial charge in [0.25, 0.3) is 5.91 Å². The van der Waals surface area contributed by atoms with E-state index in [0.29, 0.717) is 39.0 Å². The molecule has 1 atom stereocenters. The van der Waals surface area contributed by atoms with Gasteiger partial charge in [-0.05, 0) is 31.9 Å². The number of hydrogen-bond acceptors (Lipinski definition) is 5. The van der Waals surface area contributed by atoms with Crippen molar-refractivity contribution in [1.29, 1.82) is 0 Å². The molecule has 2 heterocycles. The summed E-state index contributed by atoms with van der Waals surface area (Å²) in [4.78, 5) is 31.6. The Kier molecular flexibility index (Phi) is 5.73. The maximum Gasteiger partial charge on any atom is 0.309 e. The number of rotatable bonds is 4. The van der Waals surface area contributed by atoms with Gasteiger partial charge in [0.05, 0.1) is 18.2 Å². The monoisotopic (exact) mass is 408 g/mol. The highest BCUT2D eigenvalue weighted by Gasteiger charge is 2.35. The van der Waals surface area contributed by atoms with Crippen LogP contribution in [-0.4, -0.2) is 48.3 Å². The van der Waals surface area contributed by atoms with Gasteiger partial charge in [-0.1, -0.05) is 33.2 Å². The van der Waals surface area contributed by atoms with Crippen LogP contribution in [0.2, 0.25) is 0 Å². The van der Waals surface area contributed by atoms with Crippen molar-refractivity contribution in [2.75, 3.05) is 19.7 Å². The molecule has 2 aliphatic rings. The third kappa shape index (κ3) is 4.21. The Morgan fingerprint density at radius 1 is 1.36 bits per heavy atom. The van der Waals surface area contributed by atoms with Crippen molar-refractivity contribution >= 4 is 33.5 Å². The van der Waals surface area contributed by atoms with E-state index in [1.165, 1.54) is 0 Å². The number of amides is 1. The van der Waals surface area contributed by atoms with Crippen LogP contribution in [0.3, 0.4) is 0 Å². The number of benzene rings is 1. The highest BCUT2D eigenvalue weighted by molar-refractivity contribution is 9.10. The summed E-state index contributed by atoms with van der Waals surface area (Å²) in [5.41, 5.74) is 1.73. The summed E-state index contributed by atoms with van der Waals surface area (Å²) in [5.74, 6) is -0.329. The number of oxime groups is 1. The molecule has 0 spiro atoms. The molecule has 1 aromatic rings. The normalized spacial score (nSPS) is 20.8. The predicted octanol–water partition coefficient (Wildman–Crippen LogP) is 2.74. The zero-order valence-electron chi connectivity index (χ0n) is 14.1. The Balaban J connectivity index is 1.53. The highest BCUT2D eigenvalue weighted by Crippen LogP contribution is 2.24. The Morgan fingerprint density at radius 3 is 2.80 bits per heavy atom. The van der Waals surface area contributed by atoms with Crippen LogP contribution in [0.5, 0.6) is 0 Å². The second-order valence-electron chi connectivity index (χ2n) is 6.20. The van der Waals surface area contributed by atoms with Gasteiger partial charge in [0.2, 0.25) is 6.10 Å². The largest absolute Gasteiger partial charge is 0.466 e. The summed E-state index contributed by atoms with van der Waals surface area (Å²) in [6.07, 6.45) is 1.16. The number of ether oxygens (including phenoxy) is 1. The van der Waals surface area contributed by atoms with Crippen LogP contribution in [0, 0.1) is 5.92 Å². The molecule has 0 bridgehead atoms. The predicted molar refractivity (Wildman–Crippen MR) is 96.1 cm³/mol. The molecular formula is C18H21BrN2O4. The summed E-state index contributed by atoms with van der Waals surface area (Å²) in [7, 11) is 0. The van der Waals surface area contributed by atoms with E-state index in [1.54, 1.807) is 11.8 Å². The number of carbonyl (C=O) groups excluding carboxylic acids is 2. The first-order valence-corrected chi connectivity index (χ1v) is 9.32. The third-order valence-electron chi connectivity index (χ3n) is 4.53. The van der Waals surface area contributed by atoms with E-state index in [1.807, 2.05) is 24.3 Å². The average molecular weight is 409 g/mol. The maximum absolute atomic E-state index is 12.6. The first-order valence-electron chi connectivity index (χ1n) is 8.52. The number of hydrogen-bond donors (Lipinski definition) is 0. The molecule has 1 amide bonds. The molecule has 0 radical (unpaired) electrons. The Hall–Kier alpha value is -1.89. The maximum atomic E-state index is 12.6. The zero-order chi connectivity index (χ0) is 17.8. The van der Waals surface area contributed by atoms with Gasteiger partial charge in [0.1, 0.15) is 0 Å². The van der Waals surface area contributed by atoms with E-state index in [0.717, 1.165) is 15.7 Å². The SMILES string of the molecule is CCOC(=O)C1CCN(C(=O)[C@@H]2CC(c3cccc(Br)c3)=NO2)CC1. The number of carbonyl (C=O) groups is 2. The van der Waals surface area contributed by atoms with Gasteiger partial charge in [-0.2, -0.15) is 0 Å². The van der Waals surface area contributed by atoms with Gasteiger partial charge in [0, 0.05) is 29.5 Å². The van der Waals surface area contributed by atoms with E-state index in [9.17, 15) is 9.59 Å². The first kappa shape index (κ1) is 17.9. The molecule has 134 valence electrons. The first-order chi connectivity index (χ1) is 12.1. The lowest BCUT2D eigenvalue weighted by atomic mass is 9.96. The van der Waals surface area contributed by atoms with Crippen LogP contribution in [0.4, 0.5) is 0 Å². The lowest BCUT2D eigenvalue weighted by Gasteiger charge is -2.31. The van der Waals surface area contributed by atoms with Gasteiger partial charge in [-0.25, -0.2) is 0 Å². The zero-order valence-corrected chi connectivity index (χ0v) is 15.7. The lowest BCUT2D eigenvalue weighted by molar-refractivity contribution is -0.153. The summed E-state index contributed by atoms with van der Waals surface area (Å²) in [6.45, 7) is 3.29. The van der Waals surface area contributed by atoms with Crippen LogP contribution in [-0.2, 0) is 19.2 Å². The van der Waals surface area contributed by atoms with Gasteiger partial charge >= 0.3 is 5.97 Å². The van der Waals surface area contributed by atoms with Crippen molar-refractivity contribution < 1.29 is 19.2 Å². The molecule has 6 nitrogen and oxygen atoms in total. The van der Waals surface area contributed by atoms with Crippen LogP contribution < -0.4 is 0 Å². The van der Waals surface area contributed by atoms with Gasteiger partial charge < -0.3 is 14.5 Å². The number of nitrogens with zero attached hydrogens (tertiary/aromatic N) is 2. The topological polar surface area (TPSA) is 68.2 Å². The lowest BCUT2D eigenvalue weighted by Crippen LogP contribution is -2.45. The summed E-state index contributed by atoms with van der Waals surface area (Å²) < 4.78 is 6.02. The smallest absolute Gasteiger partial charge is 0.309 e. The summed E-state index contributed by atoms with van der Waals surface area (Å²) >= 11 is 3.44. The van der Waals surface area contributed by atoms with E-state index in [4.69, 9.17) is 9.57 Å². The van der Waals surface area contributed by atoms with Crippen LogP contribution in [0.1, 0.15) is 31.7 Å². The molecular weight excluding hydrogens is 388 g/mol. The fourth-order valence-corrected chi connectivity index (χ4v) is 3.55. The Morgan fingerprint density at radius 2 is 2.12 bits per heavy atom. The number of esters is 1. The minimum atomic E-state index is -0.576. The van der Waals surface area contributed by atoms with E-state index < -0.39 is 6.10 Å². The van der Waals surface area contributed by atoms with Crippen LogP contribution in [0.15, 0.2) is 33.9 Å². The second kappa shape index (κ2) is 7.99. The highest BCUT2D eigenvalue weighted by atomic mass is 79.9. The van der Waals surface area contributed by atoms with Crippen molar-refractivity contribution in [3.63, 3.8) is 0 Å². The summed E-state index contributed by atoms with van der Waals surface area (Å²) in [5, 5.41) is 4.09. The number of likely N-dealkylation sites (tertiary alicyclic amines) is 1. The van der Waals surface area contributed by atoms with Gasteiger partial charge in [0.15, 0.2) is 0 Å². The minimum Gasteiger partial charge on any atom is -0.466 e. The van der Waals surface area contributed by atoms with Crippen LogP contribution >= 0.6 is 15.9 Å². The fourth-order valence-electron chi connectivity index (χ4n) is 3.15. The molecule has 0 aliphatic carbocycles. The van der Waals surface area contributed by atoms with Crippen molar-refractivity contribution in [1.82, 2.24) is 4.90 Å². The fraction of sp³-hybridized carbons (Fsp3) is 0.500. The number of piperidine rings is 1. The molecule has 1 fully saturated rings. The van der Waals surface area contributed by atoms with Crippen molar-refractivity contribution in [3.05, 3.63) is 34.3 Å². The van der Waals surface area contributed by atoms with Crippen LogP contribution in [0.25, 0.3) is 0 Å².